The van der Waals surface area contributed by atoms with Crippen LogP contribution in [-0.4, -0.2) is 18.1 Å². The number of aromatic nitrogens is 1. The predicted octanol–water partition coefficient (Wildman–Crippen LogP) is 3.67. The lowest BCUT2D eigenvalue weighted by atomic mass is 10.2. The molecule has 0 atom stereocenters. The van der Waals surface area contributed by atoms with Gasteiger partial charge in [0.25, 0.3) is 0 Å². The van der Waals surface area contributed by atoms with E-state index in [9.17, 15) is 9.18 Å². The summed E-state index contributed by atoms with van der Waals surface area (Å²) in [6, 6.07) is 14.1. The molecule has 0 radical (unpaired) electrons. The summed E-state index contributed by atoms with van der Waals surface area (Å²) >= 11 is 0. The molecule has 0 spiro atoms. The van der Waals surface area contributed by atoms with Crippen molar-refractivity contribution in [3.63, 3.8) is 0 Å². The number of aromatic amines is 1. The molecule has 5 heteroatoms. The number of hydrogen-bond acceptors (Lipinski definition) is 3. The Morgan fingerprint density at radius 1 is 1.18 bits per heavy atom. The zero-order valence-corrected chi connectivity index (χ0v) is 11.9. The van der Waals surface area contributed by atoms with E-state index in [1.807, 2.05) is 30.3 Å². The minimum absolute atomic E-state index is 0.145. The third-order valence-electron chi connectivity index (χ3n) is 3.34. The van der Waals surface area contributed by atoms with Gasteiger partial charge in [-0.2, -0.15) is 0 Å². The SMILES string of the molecule is COC(=O)c1cc2c(F)c(OCc3ccccc3)ccc2[nH]1. The van der Waals surface area contributed by atoms with Gasteiger partial charge in [0, 0.05) is 10.9 Å². The Balaban J connectivity index is 1.88. The molecule has 0 saturated carbocycles. The minimum atomic E-state index is -0.539. The van der Waals surface area contributed by atoms with Gasteiger partial charge in [-0.15, -0.1) is 0 Å². The highest BCUT2D eigenvalue weighted by atomic mass is 19.1. The van der Waals surface area contributed by atoms with Crippen molar-refractivity contribution in [1.29, 1.82) is 0 Å². The third kappa shape index (κ3) is 2.65. The van der Waals surface area contributed by atoms with Gasteiger partial charge in [-0.1, -0.05) is 30.3 Å². The van der Waals surface area contributed by atoms with E-state index < -0.39 is 11.8 Å². The second-order valence-corrected chi connectivity index (χ2v) is 4.79. The van der Waals surface area contributed by atoms with E-state index in [0.717, 1.165) is 5.56 Å². The fraction of sp³-hybridized carbons (Fsp3) is 0.118. The van der Waals surface area contributed by atoms with Crippen LogP contribution >= 0.6 is 0 Å². The molecule has 0 aliphatic rings. The van der Waals surface area contributed by atoms with E-state index in [0.29, 0.717) is 10.9 Å². The molecule has 0 saturated heterocycles. The first kappa shape index (κ1) is 14.1. The summed E-state index contributed by atoms with van der Waals surface area (Å²) < 4.78 is 24.6. The molecule has 22 heavy (non-hydrogen) atoms. The molecular weight excluding hydrogens is 285 g/mol. The molecular formula is C17H14FNO3. The number of benzene rings is 2. The van der Waals surface area contributed by atoms with E-state index in [1.165, 1.54) is 19.2 Å². The number of fused-ring (bicyclic) bond motifs is 1. The van der Waals surface area contributed by atoms with Crippen molar-refractivity contribution in [3.8, 4) is 5.75 Å². The largest absolute Gasteiger partial charge is 0.486 e. The molecule has 0 unspecified atom stereocenters. The highest BCUT2D eigenvalue weighted by Gasteiger charge is 2.15. The van der Waals surface area contributed by atoms with E-state index in [2.05, 4.69) is 9.72 Å². The van der Waals surface area contributed by atoms with Gasteiger partial charge in [-0.05, 0) is 23.8 Å². The Morgan fingerprint density at radius 3 is 2.68 bits per heavy atom. The predicted molar refractivity (Wildman–Crippen MR) is 80.4 cm³/mol. The Labute approximate surface area is 126 Å². The molecule has 0 amide bonds. The van der Waals surface area contributed by atoms with Crippen molar-refractivity contribution in [2.45, 2.75) is 6.61 Å². The van der Waals surface area contributed by atoms with Crippen LogP contribution in [0.2, 0.25) is 0 Å². The zero-order chi connectivity index (χ0) is 15.5. The fourth-order valence-electron chi connectivity index (χ4n) is 2.22. The number of halogens is 1. The third-order valence-corrected chi connectivity index (χ3v) is 3.34. The summed E-state index contributed by atoms with van der Waals surface area (Å²) in [6.07, 6.45) is 0. The first-order chi connectivity index (χ1) is 10.7. The van der Waals surface area contributed by atoms with Crippen molar-refractivity contribution in [1.82, 2.24) is 4.98 Å². The van der Waals surface area contributed by atoms with Crippen LogP contribution in [0, 0.1) is 5.82 Å². The molecule has 1 heterocycles. The van der Waals surface area contributed by atoms with Gasteiger partial charge in [0.2, 0.25) is 0 Å². The van der Waals surface area contributed by atoms with Crippen molar-refractivity contribution in [2.75, 3.05) is 7.11 Å². The maximum absolute atomic E-state index is 14.5. The number of hydrogen-bond donors (Lipinski definition) is 1. The number of carbonyl (C=O) groups is 1. The van der Waals surface area contributed by atoms with Crippen molar-refractivity contribution < 1.29 is 18.7 Å². The summed E-state index contributed by atoms with van der Waals surface area (Å²) in [5, 5.41) is 0.297. The molecule has 2 aromatic carbocycles. The second-order valence-electron chi connectivity index (χ2n) is 4.79. The van der Waals surface area contributed by atoms with Gasteiger partial charge in [0.15, 0.2) is 11.6 Å². The van der Waals surface area contributed by atoms with Crippen LogP contribution in [0.5, 0.6) is 5.75 Å². The van der Waals surface area contributed by atoms with Crippen molar-refractivity contribution in [2.24, 2.45) is 0 Å². The Hall–Kier alpha value is -2.82. The summed E-state index contributed by atoms with van der Waals surface area (Å²) in [5.41, 5.74) is 1.67. The lowest BCUT2D eigenvalue weighted by Gasteiger charge is -2.07. The minimum Gasteiger partial charge on any atom is -0.486 e. The average Bonchev–Trinajstić information content (AvgIpc) is 2.99. The van der Waals surface area contributed by atoms with Gasteiger partial charge in [0.1, 0.15) is 12.3 Å². The molecule has 1 aromatic heterocycles. The van der Waals surface area contributed by atoms with Crippen LogP contribution in [0.25, 0.3) is 10.9 Å². The molecule has 1 N–H and O–H groups in total. The maximum Gasteiger partial charge on any atom is 0.354 e. The fourth-order valence-corrected chi connectivity index (χ4v) is 2.22. The second kappa shape index (κ2) is 5.89. The molecule has 0 aliphatic heterocycles. The lowest BCUT2D eigenvalue weighted by molar-refractivity contribution is 0.0595. The number of methoxy groups -OCH3 is 1. The summed E-state index contributed by atoms with van der Waals surface area (Å²) in [7, 11) is 1.28. The van der Waals surface area contributed by atoms with Gasteiger partial charge in [-0.25, -0.2) is 9.18 Å². The molecule has 0 aliphatic carbocycles. The van der Waals surface area contributed by atoms with Crippen LogP contribution in [-0.2, 0) is 11.3 Å². The van der Waals surface area contributed by atoms with Crippen LogP contribution in [0.4, 0.5) is 4.39 Å². The monoisotopic (exact) mass is 299 g/mol. The van der Waals surface area contributed by atoms with E-state index in [-0.39, 0.29) is 18.1 Å². The van der Waals surface area contributed by atoms with Gasteiger partial charge < -0.3 is 14.5 Å². The topological polar surface area (TPSA) is 51.3 Å². The summed E-state index contributed by atoms with van der Waals surface area (Å²) in [4.78, 5) is 14.3. The Kier molecular flexibility index (Phi) is 3.78. The molecule has 0 fully saturated rings. The van der Waals surface area contributed by atoms with E-state index in [1.54, 1.807) is 6.07 Å². The molecule has 112 valence electrons. The van der Waals surface area contributed by atoms with Crippen LogP contribution in [0.15, 0.2) is 48.5 Å². The number of esters is 1. The zero-order valence-electron chi connectivity index (χ0n) is 11.9. The van der Waals surface area contributed by atoms with Crippen molar-refractivity contribution >= 4 is 16.9 Å². The van der Waals surface area contributed by atoms with Crippen molar-refractivity contribution in [3.05, 3.63) is 65.6 Å². The highest BCUT2D eigenvalue weighted by molar-refractivity contribution is 5.95. The van der Waals surface area contributed by atoms with Gasteiger partial charge in [-0.3, -0.25) is 0 Å². The number of ether oxygens (including phenoxy) is 2. The number of H-pyrrole nitrogens is 1. The quantitative estimate of drug-likeness (QED) is 0.748. The van der Waals surface area contributed by atoms with Crippen LogP contribution in [0.3, 0.4) is 0 Å². The van der Waals surface area contributed by atoms with E-state index in [4.69, 9.17) is 4.74 Å². The normalized spacial score (nSPS) is 10.6. The standard InChI is InChI=1S/C17H14FNO3/c1-21-17(20)14-9-12-13(19-14)7-8-15(16(12)18)22-10-11-5-3-2-4-6-11/h2-9,19H,10H2,1H3. The summed E-state index contributed by atoms with van der Waals surface area (Å²) in [5.74, 6) is -0.894. The number of carbonyl (C=O) groups excluding carboxylic acids is 1. The molecule has 3 rings (SSSR count). The number of rotatable bonds is 4. The van der Waals surface area contributed by atoms with E-state index >= 15 is 0 Å². The number of nitrogens with one attached hydrogen (secondary N) is 1. The molecule has 3 aromatic rings. The van der Waals surface area contributed by atoms with Crippen LogP contribution < -0.4 is 4.74 Å². The first-order valence-corrected chi connectivity index (χ1v) is 6.75. The molecule has 4 nitrogen and oxygen atoms in total. The average molecular weight is 299 g/mol. The maximum atomic E-state index is 14.5. The summed E-state index contributed by atoms with van der Waals surface area (Å²) in [6.45, 7) is 0.275. The molecule has 0 bridgehead atoms. The Morgan fingerprint density at radius 2 is 1.95 bits per heavy atom. The smallest absolute Gasteiger partial charge is 0.354 e. The van der Waals surface area contributed by atoms with Gasteiger partial charge in [0.05, 0.1) is 7.11 Å². The Bertz CT molecular complexity index is 811. The highest BCUT2D eigenvalue weighted by Crippen LogP contribution is 2.27. The van der Waals surface area contributed by atoms with Gasteiger partial charge >= 0.3 is 5.97 Å². The first-order valence-electron chi connectivity index (χ1n) is 6.75. The van der Waals surface area contributed by atoms with Crippen LogP contribution in [0.1, 0.15) is 16.1 Å². The lowest BCUT2D eigenvalue weighted by Crippen LogP contribution is -2.00.